The summed E-state index contributed by atoms with van der Waals surface area (Å²) < 4.78 is 26.5. The second-order valence-corrected chi connectivity index (χ2v) is 10.8. The van der Waals surface area contributed by atoms with Gasteiger partial charge in [-0.2, -0.15) is 0 Å². The molecule has 1 aliphatic rings. The Labute approximate surface area is 208 Å². The number of benzene rings is 3. The Morgan fingerprint density at radius 3 is 2.51 bits per heavy atom. The second kappa shape index (κ2) is 9.64. The predicted octanol–water partition coefficient (Wildman–Crippen LogP) is 5.52. The average Bonchev–Trinajstić information content (AvgIpc) is 3.05. The van der Waals surface area contributed by atoms with E-state index >= 15 is 0 Å². The van der Waals surface area contributed by atoms with E-state index in [1.54, 1.807) is 48.7 Å². The molecule has 1 aliphatic heterocycles. The minimum Gasteiger partial charge on any atom is -0.322 e. The standard InChI is InChI=1S/C26H23ClN4O3S/c27-22-13-10-19(16-21(22)25-17-28-23-6-2-3-7-24(23)30-25)29-26(32)18-8-11-20(12-9-18)31-14-4-1-5-15-35(31,33)34/h2-3,6-13,16-17H,1,4-5,14-15H2,(H,29,32). The average molecular weight is 507 g/mol. The Bertz CT molecular complexity index is 1510. The van der Waals surface area contributed by atoms with Crippen molar-refractivity contribution in [2.24, 2.45) is 0 Å². The maximum atomic E-state index is 12.9. The highest BCUT2D eigenvalue weighted by atomic mass is 35.5. The maximum Gasteiger partial charge on any atom is 0.255 e. The van der Waals surface area contributed by atoms with Crippen LogP contribution in [0.25, 0.3) is 22.3 Å². The quantitative estimate of drug-likeness (QED) is 0.393. The van der Waals surface area contributed by atoms with Crippen LogP contribution in [0, 0.1) is 0 Å². The van der Waals surface area contributed by atoms with Crippen molar-refractivity contribution in [3.63, 3.8) is 0 Å². The minimum absolute atomic E-state index is 0.149. The molecule has 3 aromatic carbocycles. The van der Waals surface area contributed by atoms with Gasteiger partial charge in [0, 0.05) is 23.4 Å². The largest absolute Gasteiger partial charge is 0.322 e. The van der Waals surface area contributed by atoms with Crippen LogP contribution in [-0.2, 0) is 10.0 Å². The van der Waals surface area contributed by atoms with E-state index in [0.717, 1.165) is 23.9 Å². The van der Waals surface area contributed by atoms with Crippen molar-refractivity contribution in [1.29, 1.82) is 0 Å². The van der Waals surface area contributed by atoms with E-state index in [-0.39, 0.29) is 11.7 Å². The molecule has 5 rings (SSSR count). The first kappa shape index (κ1) is 23.3. The zero-order chi connectivity index (χ0) is 24.4. The van der Waals surface area contributed by atoms with Crippen molar-refractivity contribution < 1.29 is 13.2 Å². The molecule has 0 bridgehead atoms. The fourth-order valence-corrected chi connectivity index (χ4v) is 5.98. The lowest BCUT2D eigenvalue weighted by Crippen LogP contribution is -2.32. The van der Waals surface area contributed by atoms with Crippen LogP contribution in [0.5, 0.6) is 0 Å². The summed E-state index contributed by atoms with van der Waals surface area (Å²) in [6, 6.07) is 19.4. The molecule has 7 nitrogen and oxygen atoms in total. The van der Waals surface area contributed by atoms with E-state index in [9.17, 15) is 13.2 Å². The minimum atomic E-state index is -3.33. The van der Waals surface area contributed by atoms with Gasteiger partial charge in [0.2, 0.25) is 10.0 Å². The van der Waals surface area contributed by atoms with Crippen molar-refractivity contribution in [3.05, 3.63) is 83.5 Å². The molecule has 1 aromatic heterocycles. The van der Waals surface area contributed by atoms with Gasteiger partial charge < -0.3 is 5.32 Å². The summed E-state index contributed by atoms with van der Waals surface area (Å²) in [7, 11) is -3.33. The number of amides is 1. The van der Waals surface area contributed by atoms with Crippen LogP contribution in [0.4, 0.5) is 11.4 Å². The van der Waals surface area contributed by atoms with Crippen LogP contribution >= 0.6 is 11.6 Å². The van der Waals surface area contributed by atoms with Crippen LogP contribution in [0.3, 0.4) is 0 Å². The summed E-state index contributed by atoms with van der Waals surface area (Å²) in [6.45, 7) is 0.457. The second-order valence-electron chi connectivity index (χ2n) is 8.39. The summed E-state index contributed by atoms with van der Waals surface area (Å²) in [4.78, 5) is 22.0. The number of nitrogens with one attached hydrogen (secondary N) is 1. The number of sulfonamides is 1. The number of rotatable bonds is 4. The first-order valence-corrected chi connectivity index (χ1v) is 13.3. The Balaban J connectivity index is 1.36. The topological polar surface area (TPSA) is 92.3 Å². The third kappa shape index (κ3) is 4.99. The molecule has 0 aliphatic carbocycles. The Hall–Kier alpha value is -3.49. The lowest BCUT2D eigenvalue weighted by molar-refractivity contribution is 0.102. The normalized spacial score (nSPS) is 15.5. The SMILES string of the molecule is O=C(Nc1ccc(Cl)c(-c2cnc3ccccc3n2)c1)c1ccc(N2CCCCCS2(=O)=O)cc1. The van der Waals surface area contributed by atoms with E-state index in [1.165, 1.54) is 4.31 Å². The van der Waals surface area contributed by atoms with E-state index in [0.29, 0.717) is 46.2 Å². The molecule has 0 spiro atoms. The molecule has 0 unspecified atom stereocenters. The molecular formula is C26H23ClN4O3S. The molecule has 0 atom stereocenters. The zero-order valence-electron chi connectivity index (χ0n) is 18.8. The lowest BCUT2D eigenvalue weighted by Gasteiger charge is -2.22. The predicted molar refractivity (Wildman–Crippen MR) is 139 cm³/mol. The Morgan fingerprint density at radius 2 is 1.71 bits per heavy atom. The zero-order valence-corrected chi connectivity index (χ0v) is 20.4. The molecule has 178 valence electrons. The van der Waals surface area contributed by atoms with Gasteiger partial charge in [-0.15, -0.1) is 0 Å². The van der Waals surface area contributed by atoms with Gasteiger partial charge in [-0.3, -0.25) is 14.1 Å². The number of anilines is 2. The van der Waals surface area contributed by atoms with Crippen LogP contribution < -0.4 is 9.62 Å². The number of carbonyl (C=O) groups excluding carboxylic acids is 1. The van der Waals surface area contributed by atoms with Gasteiger partial charge in [0.05, 0.1) is 39.4 Å². The third-order valence-electron chi connectivity index (χ3n) is 5.97. The number of para-hydroxylation sites is 2. The number of halogens is 1. The van der Waals surface area contributed by atoms with Crippen LogP contribution in [0.15, 0.2) is 72.9 Å². The number of carbonyl (C=O) groups is 1. The van der Waals surface area contributed by atoms with E-state index in [2.05, 4.69) is 15.3 Å². The van der Waals surface area contributed by atoms with Gasteiger partial charge in [0.15, 0.2) is 0 Å². The van der Waals surface area contributed by atoms with Crippen molar-refractivity contribution >= 4 is 49.9 Å². The number of aromatic nitrogens is 2. The third-order valence-corrected chi connectivity index (χ3v) is 8.16. The highest BCUT2D eigenvalue weighted by molar-refractivity contribution is 7.92. The summed E-state index contributed by atoms with van der Waals surface area (Å²) in [5, 5.41) is 3.38. The molecule has 4 aromatic rings. The molecule has 35 heavy (non-hydrogen) atoms. The smallest absolute Gasteiger partial charge is 0.255 e. The van der Waals surface area contributed by atoms with E-state index in [1.807, 2.05) is 24.3 Å². The molecule has 1 fully saturated rings. The Morgan fingerprint density at radius 1 is 0.943 bits per heavy atom. The van der Waals surface area contributed by atoms with Crippen LogP contribution in [-0.4, -0.2) is 36.6 Å². The van der Waals surface area contributed by atoms with Gasteiger partial charge in [-0.05, 0) is 67.4 Å². The molecule has 9 heteroatoms. The van der Waals surface area contributed by atoms with E-state index in [4.69, 9.17) is 11.6 Å². The first-order valence-electron chi connectivity index (χ1n) is 11.3. The Kier molecular flexibility index (Phi) is 6.40. The van der Waals surface area contributed by atoms with Gasteiger partial charge >= 0.3 is 0 Å². The van der Waals surface area contributed by atoms with Crippen LogP contribution in [0.1, 0.15) is 29.6 Å². The molecule has 1 saturated heterocycles. The number of fused-ring (bicyclic) bond motifs is 1. The molecule has 1 N–H and O–H groups in total. The summed E-state index contributed by atoms with van der Waals surface area (Å²) in [5.41, 5.74) is 4.35. The molecule has 2 heterocycles. The van der Waals surface area contributed by atoms with Gasteiger partial charge in [-0.25, -0.2) is 13.4 Å². The molecular weight excluding hydrogens is 484 g/mol. The van der Waals surface area contributed by atoms with Gasteiger partial charge in [-0.1, -0.05) is 30.2 Å². The fourth-order valence-electron chi connectivity index (χ4n) is 4.12. The van der Waals surface area contributed by atoms with E-state index < -0.39 is 10.0 Å². The number of hydrogen-bond donors (Lipinski definition) is 1. The lowest BCUT2D eigenvalue weighted by atomic mass is 10.1. The van der Waals surface area contributed by atoms with Crippen molar-refractivity contribution in [2.45, 2.75) is 19.3 Å². The number of hydrogen-bond acceptors (Lipinski definition) is 5. The highest BCUT2D eigenvalue weighted by Crippen LogP contribution is 2.30. The molecule has 0 saturated carbocycles. The summed E-state index contributed by atoms with van der Waals surface area (Å²) >= 11 is 6.43. The van der Waals surface area contributed by atoms with Crippen molar-refractivity contribution in [1.82, 2.24) is 9.97 Å². The number of nitrogens with zero attached hydrogens (tertiary/aromatic N) is 3. The summed E-state index contributed by atoms with van der Waals surface area (Å²) in [6.07, 6.45) is 4.05. The maximum absolute atomic E-state index is 12.9. The van der Waals surface area contributed by atoms with Gasteiger partial charge in [0.25, 0.3) is 5.91 Å². The molecule has 1 amide bonds. The highest BCUT2D eigenvalue weighted by Gasteiger charge is 2.24. The summed E-state index contributed by atoms with van der Waals surface area (Å²) in [5.74, 6) is -0.163. The van der Waals surface area contributed by atoms with Crippen molar-refractivity contribution in [2.75, 3.05) is 21.9 Å². The fraction of sp³-hybridized carbons (Fsp3) is 0.192. The first-order chi connectivity index (χ1) is 16.9. The van der Waals surface area contributed by atoms with Crippen LogP contribution in [0.2, 0.25) is 5.02 Å². The van der Waals surface area contributed by atoms with Gasteiger partial charge in [0.1, 0.15) is 0 Å². The monoisotopic (exact) mass is 506 g/mol. The van der Waals surface area contributed by atoms with Crippen molar-refractivity contribution in [3.8, 4) is 11.3 Å². The molecule has 0 radical (unpaired) electrons.